The summed E-state index contributed by atoms with van der Waals surface area (Å²) in [5, 5.41) is 2.83. The lowest BCUT2D eigenvalue weighted by Gasteiger charge is -2.09. The van der Waals surface area contributed by atoms with Crippen molar-refractivity contribution in [1.29, 1.82) is 0 Å². The Morgan fingerprint density at radius 3 is 2.55 bits per heavy atom. The van der Waals surface area contributed by atoms with Gasteiger partial charge in [0.15, 0.2) is 0 Å². The number of esters is 1. The highest BCUT2D eigenvalue weighted by Gasteiger charge is 2.10. The van der Waals surface area contributed by atoms with Crippen molar-refractivity contribution in [2.75, 3.05) is 12.4 Å². The van der Waals surface area contributed by atoms with Crippen molar-refractivity contribution in [3.63, 3.8) is 0 Å². The molecule has 1 heterocycles. The van der Waals surface area contributed by atoms with Gasteiger partial charge in [-0.15, -0.1) is 0 Å². The van der Waals surface area contributed by atoms with Gasteiger partial charge in [-0.1, -0.05) is 0 Å². The number of carbonyl (C=O) groups excluding carboxylic acids is 2. The number of methoxy groups -OCH3 is 1. The van der Waals surface area contributed by atoms with E-state index in [0.717, 1.165) is 11.1 Å². The Balaban J connectivity index is 1.94. The number of benzene rings is 1. The van der Waals surface area contributed by atoms with Crippen LogP contribution in [0.4, 0.5) is 5.69 Å². The largest absolute Gasteiger partial charge is 0.465 e. The molecule has 0 saturated carbocycles. The second-order valence-electron chi connectivity index (χ2n) is 4.92. The van der Waals surface area contributed by atoms with Crippen LogP contribution in [0.15, 0.2) is 42.7 Å². The first-order chi connectivity index (χ1) is 10.6. The van der Waals surface area contributed by atoms with Crippen molar-refractivity contribution < 1.29 is 14.3 Å². The maximum Gasteiger partial charge on any atom is 0.338 e. The highest BCUT2D eigenvalue weighted by molar-refractivity contribution is 5.94. The fraction of sp³-hybridized carbons (Fsp3) is 0.235. The summed E-state index contributed by atoms with van der Waals surface area (Å²) in [6.45, 7) is 1.80. The second kappa shape index (κ2) is 7.36. The molecule has 0 spiro atoms. The molecule has 0 atom stereocenters. The van der Waals surface area contributed by atoms with Gasteiger partial charge >= 0.3 is 5.97 Å². The summed E-state index contributed by atoms with van der Waals surface area (Å²) >= 11 is 0. The molecule has 0 unspecified atom stereocenters. The van der Waals surface area contributed by atoms with E-state index in [2.05, 4.69) is 10.3 Å². The van der Waals surface area contributed by atoms with Crippen LogP contribution >= 0.6 is 0 Å². The Hall–Kier alpha value is -2.69. The van der Waals surface area contributed by atoms with Crippen molar-refractivity contribution in [3.05, 3.63) is 59.4 Å². The van der Waals surface area contributed by atoms with Crippen molar-refractivity contribution >= 4 is 17.6 Å². The van der Waals surface area contributed by atoms with Gasteiger partial charge in [0, 0.05) is 24.5 Å². The van der Waals surface area contributed by atoms with Crippen LogP contribution in [0.3, 0.4) is 0 Å². The molecule has 1 aromatic heterocycles. The van der Waals surface area contributed by atoms with Gasteiger partial charge in [-0.05, 0) is 54.8 Å². The lowest BCUT2D eigenvalue weighted by molar-refractivity contribution is -0.116. The van der Waals surface area contributed by atoms with Crippen molar-refractivity contribution in [3.8, 4) is 0 Å². The van der Waals surface area contributed by atoms with Gasteiger partial charge in [-0.3, -0.25) is 9.78 Å². The SMILES string of the molecule is COC(=O)c1ccc(NC(=O)CCc2ccncc2)cc1C. The molecule has 0 aliphatic heterocycles. The Morgan fingerprint density at radius 2 is 1.91 bits per heavy atom. The fourth-order valence-electron chi connectivity index (χ4n) is 2.11. The quantitative estimate of drug-likeness (QED) is 0.862. The van der Waals surface area contributed by atoms with E-state index in [1.807, 2.05) is 12.1 Å². The zero-order valence-corrected chi connectivity index (χ0v) is 12.6. The smallest absolute Gasteiger partial charge is 0.338 e. The van der Waals surface area contributed by atoms with Crippen LogP contribution in [0.5, 0.6) is 0 Å². The molecule has 114 valence electrons. The Kier molecular flexibility index (Phi) is 5.25. The zero-order valence-electron chi connectivity index (χ0n) is 12.6. The van der Waals surface area contributed by atoms with Gasteiger partial charge in [0.2, 0.25) is 5.91 Å². The van der Waals surface area contributed by atoms with Gasteiger partial charge in [0.1, 0.15) is 0 Å². The highest BCUT2D eigenvalue weighted by Crippen LogP contribution is 2.16. The molecule has 0 radical (unpaired) electrons. The maximum absolute atomic E-state index is 12.0. The summed E-state index contributed by atoms with van der Waals surface area (Å²) in [5.74, 6) is -0.449. The summed E-state index contributed by atoms with van der Waals surface area (Å²) in [6, 6.07) is 8.89. The van der Waals surface area contributed by atoms with Crippen LogP contribution in [0.1, 0.15) is 27.9 Å². The van der Waals surface area contributed by atoms with E-state index in [1.165, 1.54) is 7.11 Å². The molecule has 5 nitrogen and oxygen atoms in total. The van der Waals surface area contributed by atoms with Crippen LogP contribution in [-0.4, -0.2) is 24.0 Å². The molecule has 0 fully saturated rings. The number of nitrogens with one attached hydrogen (secondary N) is 1. The van der Waals surface area contributed by atoms with E-state index in [4.69, 9.17) is 4.74 Å². The van der Waals surface area contributed by atoms with E-state index >= 15 is 0 Å². The number of aromatic nitrogens is 1. The average molecular weight is 298 g/mol. The van der Waals surface area contributed by atoms with E-state index < -0.39 is 0 Å². The molecular weight excluding hydrogens is 280 g/mol. The number of carbonyl (C=O) groups is 2. The number of anilines is 1. The second-order valence-corrected chi connectivity index (χ2v) is 4.92. The normalized spacial score (nSPS) is 10.1. The summed E-state index contributed by atoms with van der Waals surface area (Å²) in [6.07, 6.45) is 4.47. The number of hydrogen-bond acceptors (Lipinski definition) is 4. The van der Waals surface area contributed by atoms with Crippen molar-refractivity contribution in [2.45, 2.75) is 19.8 Å². The van der Waals surface area contributed by atoms with Gasteiger partial charge < -0.3 is 10.1 Å². The predicted octanol–water partition coefficient (Wildman–Crippen LogP) is 2.75. The maximum atomic E-state index is 12.0. The van der Waals surface area contributed by atoms with Crippen LogP contribution in [0, 0.1) is 6.92 Å². The van der Waals surface area contributed by atoms with Crippen LogP contribution in [0.2, 0.25) is 0 Å². The van der Waals surface area contributed by atoms with Gasteiger partial charge in [0.25, 0.3) is 0 Å². The molecular formula is C17H18N2O3. The summed E-state index contributed by atoms with van der Waals surface area (Å²) < 4.78 is 4.69. The van der Waals surface area contributed by atoms with E-state index in [0.29, 0.717) is 24.1 Å². The average Bonchev–Trinajstić information content (AvgIpc) is 2.53. The number of amides is 1. The van der Waals surface area contributed by atoms with Crippen LogP contribution < -0.4 is 5.32 Å². The first kappa shape index (κ1) is 15.7. The molecule has 0 bridgehead atoms. The van der Waals surface area contributed by atoms with Crippen molar-refractivity contribution in [1.82, 2.24) is 4.98 Å². The minimum absolute atomic E-state index is 0.0676. The summed E-state index contributed by atoms with van der Waals surface area (Å²) in [5.41, 5.74) is 3.00. The standard InChI is InChI=1S/C17H18N2O3/c1-12-11-14(4-5-15(12)17(21)22-2)19-16(20)6-3-13-7-9-18-10-8-13/h4-5,7-11H,3,6H2,1-2H3,(H,19,20). The Bertz CT molecular complexity index is 669. The first-order valence-electron chi connectivity index (χ1n) is 6.98. The van der Waals surface area contributed by atoms with Gasteiger partial charge in [0.05, 0.1) is 12.7 Å². The molecule has 1 N–H and O–H groups in total. The van der Waals surface area contributed by atoms with E-state index in [9.17, 15) is 9.59 Å². The number of rotatable bonds is 5. The zero-order chi connectivity index (χ0) is 15.9. The lowest BCUT2D eigenvalue weighted by Crippen LogP contribution is -2.13. The molecule has 22 heavy (non-hydrogen) atoms. The van der Waals surface area contributed by atoms with E-state index in [-0.39, 0.29) is 11.9 Å². The number of hydrogen-bond donors (Lipinski definition) is 1. The third-order valence-corrected chi connectivity index (χ3v) is 3.31. The first-order valence-corrected chi connectivity index (χ1v) is 6.98. The monoisotopic (exact) mass is 298 g/mol. The number of aryl methyl sites for hydroxylation is 2. The molecule has 0 saturated heterocycles. The van der Waals surface area contributed by atoms with Gasteiger partial charge in [-0.25, -0.2) is 4.79 Å². The van der Waals surface area contributed by atoms with E-state index in [1.54, 1.807) is 37.5 Å². The third-order valence-electron chi connectivity index (χ3n) is 3.31. The summed E-state index contributed by atoms with van der Waals surface area (Å²) in [7, 11) is 1.34. The van der Waals surface area contributed by atoms with Crippen LogP contribution in [0.25, 0.3) is 0 Å². The molecule has 2 rings (SSSR count). The minimum Gasteiger partial charge on any atom is -0.465 e. The molecule has 0 aliphatic carbocycles. The molecule has 5 heteroatoms. The predicted molar refractivity (Wildman–Crippen MR) is 83.7 cm³/mol. The van der Waals surface area contributed by atoms with Crippen LogP contribution in [-0.2, 0) is 16.0 Å². The number of ether oxygens (including phenoxy) is 1. The lowest BCUT2D eigenvalue weighted by atomic mass is 10.1. The number of nitrogens with zero attached hydrogens (tertiary/aromatic N) is 1. The third kappa shape index (κ3) is 4.15. The molecule has 0 aliphatic rings. The van der Waals surface area contributed by atoms with Gasteiger partial charge in [-0.2, -0.15) is 0 Å². The molecule has 1 aromatic carbocycles. The Labute approximate surface area is 129 Å². The van der Waals surface area contributed by atoms with Crippen molar-refractivity contribution in [2.24, 2.45) is 0 Å². The highest BCUT2D eigenvalue weighted by atomic mass is 16.5. The topological polar surface area (TPSA) is 68.3 Å². The molecule has 2 aromatic rings. The summed E-state index contributed by atoms with van der Waals surface area (Å²) in [4.78, 5) is 27.4. The number of pyridine rings is 1. The minimum atomic E-state index is -0.381. The fourth-order valence-corrected chi connectivity index (χ4v) is 2.11. The Morgan fingerprint density at radius 1 is 1.18 bits per heavy atom. The molecule has 1 amide bonds.